The minimum absolute atomic E-state index is 0.137. The van der Waals surface area contributed by atoms with Gasteiger partial charge in [-0.15, -0.1) is 0 Å². The Bertz CT molecular complexity index is 951. The van der Waals surface area contributed by atoms with Crippen LogP contribution in [0.15, 0.2) is 47.5 Å². The molecule has 0 bridgehead atoms. The van der Waals surface area contributed by atoms with E-state index in [0.29, 0.717) is 19.6 Å². The Balaban J connectivity index is 1.48. The topological polar surface area (TPSA) is 81.0 Å². The van der Waals surface area contributed by atoms with E-state index in [4.69, 9.17) is 14.9 Å². The summed E-state index contributed by atoms with van der Waals surface area (Å²) in [5.74, 6) is 1.28. The van der Waals surface area contributed by atoms with Crippen LogP contribution in [0.3, 0.4) is 0 Å². The molecule has 0 amide bonds. The maximum Gasteiger partial charge on any atom is 0.161 e. The first kappa shape index (κ1) is 21.4. The van der Waals surface area contributed by atoms with Gasteiger partial charge in [-0.1, -0.05) is 35.9 Å². The van der Waals surface area contributed by atoms with Crippen molar-refractivity contribution in [1.82, 2.24) is 4.90 Å². The smallest absolute Gasteiger partial charge is 0.161 e. The van der Waals surface area contributed by atoms with Gasteiger partial charge in [0.2, 0.25) is 0 Å². The fraction of sp³-hybridized carbons (Fsp3) is 0.440. The van der Waals surface area contributed by atoms with Crippen LogP contribution in [0.2, 0.25) is 0 Å². The van der Waals surface area contributed by atoms with Crippen LogP contribution >= 0.6 is 0 Å². The van der Waals surface area contributed by atoms with Crippen molar-refractivity contribution < 1.29 is 14.6 Å². The number of hydrogen-bond acceptors (Lipinski definition) is 5. The SMILES string of the molecule is Cc1cccc(CC([O-])=NC(=N)[C@@H](Cc2ccc3c(c2)OCCO3)CN2CCCC2)c1. The number of aryl methyl sites for hydroxylation is 1. The summed E-state index contributed by atoms with van der Waals surface area (Å²) >= 11 is 0. The Hall–Kier alpha value is -2.86. The van der Waals surface area contributed by atoms with E-state index in [1.165, 1.54) is 12.8 Å². The van der Waals surface area contributed by atoms with Gasteiger partial charge in [0.1, 0.15) is 19.0 Å². The van der Waals surface area contributed by atoms with E-state index in [1.807, 2.05) is 49.4 Å². The van der Waals surface area contributed by atoms with Crippen molar-refractivity contribution in [2.45, 2.75) is 32.6 Å². The summed E-state index contributed by atoms with van der Waals surface area (Å²) in [5, 5.41) is 21.2. The molecule has 1 atom stereocenters. The highest BCUT2D eigenvalue weighted by molar-refractivity contribution is 5.93. The summed E-state index contributed by atoms with van der Waals surface area (Å²) in [6.45, 7) is 5.95. The third-order valence-corrected chi connectivity index (χ3v) is 5.84. The predicted octanol–water partition coefficient (Wildman–Crippen LogP) is 3.00. The third kappa shape index (κ3) is 5.85. The first-order valence-corrected chi connectivity index (χ1v) is 11.1. The average Bonchev–Trinajstić information content (AvgIpc) is 3.26. The molecule has 2 heterocycles. The standard InChI is InChI=1S/C25H31N3O3/c1-18-5-4-6-19(13-18)16-24(29)27-25(26)21(17-28-9-2-3-10-28)14-20-7-8-22-23(15-20)31-12-11-30-22/h4-8,13,15,21H,2-3,9-12,14,16-17H2,1H3,(H2,26,27,29)/p-1/t21-/m0/s1. The lowest BCUT2D eigenvalue weighted by molar-refractivity contribution is -0.217. The molecule has 6 heteroatoms. The Morgan fingerprint density at radius 1 is 1.06 bits per heavy atom. The van der Waals surface area contributed by atoms with Crippen molar-refractivity contribution in [1.29, 1.82) is 5.41 Å². The first-order valence-electron chi connectivity index (χ1n) is 11.1. The molecule has 164 valence electrons. The van der Waals surface area contributed by atoms with Gasteiger partial charge >= 0.3 is 0 Å². The molecule has 0 unspecified atom stereocenters. The van der Waals surface area contributed by atoms with Gasteiger partial charge in [-0.25, -0.2) is 0 Å². The van der Waals surface area contributed by atoms with Gasteiger partial charge in [-0.2, -0.15) is 0 Å². The highest BCUT2D eigenvalue weighted by Gasteiger charge is 2.22. The lowest BCUT2D eigenvalue weighted by Gasteiger charge is -2.25. The summed E-state index contributed by atoms with van der Waals surface area (Å²) in [6, 6.07) is 13.8. The van der Waals surface area contributed by atoms with Crippen LogP contribution in [0.25, 0.3) is 0 Å². The number of fused-ring (bicyclic) bond motifs is 1. The van der Waals surface area contributed by atoms with Crippen LogP contribution in [0.5, 0.6) is 11.5 Å². The van der Waals surface area contributed by atoms with Crippen molar-refractivity contribution in [3.05, 3.63) is 59.2 Å². The Kier molecular flexibility index (Phi) is 6.87. The van der Waals surface area contributed by atoms with E-state index in [1.54, 1.807) is 0 Å². The number of rotatable bonds is 7. The molecule has 0 aromatic heterocycles. The number of ether oxygens (including phenoxy) is 2. The van der Waals surface area contributed by atoms with E-state index >= 15 is 0 Å². The van der Waals surface area contributed by atoms with Gasteiger partial charge in [0, 0.05) is 18.9 Å². The Morgan fingerprint density at radius 2 is 1.84 bits per heavy atom. The zero-order valence-electron chi connectivity index (χ0n) is 18.1. The minimum atomic E-state index is -0.260. The van der Waals surface area contributed by atoms with E-state index < -0.39 is 0 Å². The molecule has 0 aliphatic carbocycles. The second-order valence-electron chi connectivity index (χ2n) is 8.44. The molecular formula is C25H30N3O3-. The molecule has 0 spiro atoms. The first-order chi connectivity index (χ1) is 15.1. The number of amidine groups is 1. The van der Waals surface area contributed by atoms with Gasteiger partial charge < -0.3 is 19.5 Å². The molecule has 0 radical (unpaired) electrons. The quantitative estimate of drug-likeness (QED) is 0.552. The molecule has 2 aromatic carbocycles. The number of nitrogens with zero attached hydrogens (tertiary/aromatic N) is 2. The van der Waals surface area contributed by atoms with Gasteiger partial charge in [-0.3, -0.25) is 10.4 Å². The summed E-state index contributed by atoms with van der Waals surface area (Å²) in [4.78, 5) is 6.56. The Morgan fingerprint density at radius 3 is 2.61 bits per heavy atom. The predicted molar refractivity (Wildman–Crippen MR) is 120 cm³/mol. The summed E-state index contributed by atoms with van der Waals surface area (Å²) in [5.41, 5.74) is 3.12. The number of nitrogens with one attached hydrogen (secondary N) is 1. The molecule has 31 heavy (non-hydrogen) atoms. The average molecular weight is 421 g/mol. The molecule has 4 rings (SSSR count). The number of likely N-dealkylation sites (tertiary alicyclic amines) is 1. The normalized spacial score (nSPS) is 17.5. The highest BCUT2D eigenvalue weighted by Crippen LogP contribution is 2.31. The number of benzene rings is 2. The highest BCUT2D eigenvalue weighted by atomic mass is 16.6. The number of hydrogen-bond donors (Lipinski definition) is 1. The van der Waals surface area contributed by atoms with Crippen molar-refractivity contribution in [2.24, 2.45) is 10.9 Å². The van der Waals surface area contributed by atoms with Crippen LogP contribution in [-0.2, 0) is 12.8 Å². The molecule has 2 aliphatic rings. The lowest BCUT2D eigenvalue weighted by Crippen LogP contribution is -2.33. The van der Waals surface area contributed by atoms with Gasteiger partial charge in [0.05, 0.1) is 0 Å². The van der Waals surface area contributed by atoms with Crippen molar-refractivity contribution in [2.75, 3.05) is 32.8 Å². The van der Waals surface area contributed by atoms with Gasteiger partial charge in [-0.05, 0) is 68.4 Å². The van der Waals surface area contributed by atoms with Crippen LogP contribution < -0.4 is 14.6 Å². The van der Waals surface area contributed by atoms with Crippen LogP contribution in [-0.4, -0.2) is 49.5 Å². The van der Waals surface area contributed by atoms with E-state index in [9.17, 15) is 5.11 Å². The zero-order valence-corrected chi connectivity index (χ0v) is 18.1. The minimum Gasteiger partial charge on any atom is -0.861 e. The fourth-order valence-electron chi connectivity index (χ4n) is 4.29. The molecular weight excluding hydrogens is 390 g/mol. The molecule has 2 aromatic rings. The fourth-order valence-corrected chi connectivity index (χ4v) is 4.29. The summed E-state index contributed by atoms with van der Waals surface area (Å²) in [7, 11) is 0. The van der Waals surface area contributed by atoms with Crippen molar-refractivity contribution in [3.63, 3.8) is 0 Å². The lowest BCUT2D eigenvalue weighted by atomic mass is 9.97. The molecule has 1 N–H and O–H groups in total. The summed E-state index contributed by atoms with van der Waals surface area (Å²) in [6.07, 6.45) is 3.25. The van der Waals surface area contributed by atoms with E-state index in [0.717, 1.165) is 47.8 Å². The maximum absolute atomic E-state index is 12.6. The van der Waals surface area contributed by atoms with E-state index in [2.05, 4.69) is 9.89 Å². The molecule has 1 saturated heterocycles. The second kappa shape index (κ2) is 9.96. The largest absolute Gasteiger partial charge is 0.861 e. The molecule has 6 nitrogen and oxygen atoms in total. The van der Waals surface area contributed by atoms with Crippen molar-refractivity contribution >= 4 is 11.7 Å². The van der Waals surface area contributed by atoms with E-state index in [-0.39, 0.29) is 24.1 Å². The summed E-state index contributed by atoms with van der Waals surface area (Å²) < 4.78 is 11.3. The van der Waals surface area contributed by atoms with Crippen LogP contribution in [0.4, 0.5) is 0 Å². The molecule has 1 fully saturated rings. The molecule has 2 aliphatic heterocycles. The Labute approximate surface area is 184 Å². The zero-order chi connectivity index (χ0) is 21.6. The van der Waals surface area contributed by atoms with Crippen LogP contribution in [0, 0.1) is 18.3 Å². The monoisotopic (exact) mass is 420 g/mol. The van der Waals surface area contributed by atoms with Gasteiger partial charge in [0.25, 0.3) is 0 Å². The maximum atomic E-state index is 12.6. The molecule has 0 saturated carbocycles. The number of aliphatic imine (C=N–C) groups is 1. The third-order valence-electron chi connectivity index (χ3n) is 5.84. The van der Waals surface area contributed by atoms with Crippen LogP contribution in [0.1, 0.15) is 29.5 Å². The van der Waals surface area contributed by atoms with Crippen molar-refractivity contribution in [3.8, 4) is 11.5 Å². The van der Waals surface area contributed by atoms with Gasteiger partial charge in [0.15, 0.2) is 11.5 Å². The second-order valence-corrected chi connectivity index (χ2v) is 8.44.